The zero-order valence-corrected chi connectivity index (χ0v) is 10.8. The highest BCUT2D eigenvalue weighted by atomic mass is 15.2. The fraction of sp³-hybridized carbons (Fsp3) is 1.00. The first-order chi connectivity index (χ1) is 7.13. The molecule has 0 radical (unpaired) electrons. The molecule has 0 aromatic heterocycles. The van der Waals surface area contributed by atoms with Crippen LogP contribution in [0.5, 0.6) is 0 Å². The summed E-state index contributed by atoms with van der Waals surface area (Å²) in [7, 11) is 6.50. The third-order valence-corrected chi connectivity index (χ3v) is 3.64. The Morgan fingerprint density at radius 1 is 1.40 bits per heavy atom. The average molecular weight is 213 g/mol. The van der Waals surface area contributed by atoms with Crippen LogP contribution >= 0.6 is 0 Å². The summed E-state index contributed by atoms with van der Waals surface area (Å²) in [4.78, 5) is 4.93. The van der Waals surface area contributed by atoms with Crippen LogP contribution in [0.1, 0.15) is 19.8 Å². The van der Waals surface area contributed by atoms with Crippen LogP contribution in [0.4, 0.5) is 0 Å². The fourth-order valence-electron chi connectivity index (χ4n) is 2.28. The van der Waals surface area contributed by atoms with Crippen molar-refractivity contribution in [2.75, 3.05) is 47.3 Å². The standard InChI is InChI=1S/C12H27N3/c1-11(9-13-2)15(4)10-12-5-7-14(3)8-6-12/h11-13H,5-10H2,1-4H3. The quantitative estimate of drug-likeness (QED) is 0.731. The van der Waals surface area contributed by atoms with Gasteiger partial charge in [-0.15, -0.1) is 0 Å². The van der Waals surface area contributed by atoms with E-state index in [1.165, 1.54) is 32.5 Å². The van der Waals surface area contributed by atoms with Crippen molar-refractivity contribution in [3.05, 3.63) is 0 Å². The van der Waals surface area contributed by atoms with Crippen molar-refractivity contribution in [3.8, 4) is 0 Å². The molecule has 1 heterocycles. The van der Waals surface area contributed by atoms with E-state index in [-0.39, 0.29) is 0 Å². The lowest BCUT2D eigenvalue weighted by molar-refractivity contribution is 0.154. The van der Waals surface area contributed by atoms with Gasteiger partial charge in [-0.1, -0.05) is 0 Å². The minimum absolute atomic E-state index is 0.648. The van der Waals surface area contributed by atoms with E-state index in [9.17, 15) is 0 Å². The van der Waals surface area contributed by atoms with E-state index < -0.39 is 0 Å². The van der Waals surface area contributed by atoms with Gasteiger partial charge in [0, 0.05) is 19.1 Å². The Balaban J connectivity index is 2.22. The second-order valence-corrected chi connectivity index (χ2v) is 5.09. The summed E-state index contributed by atoms with van der Waals surface area (Å²) in [6, 6.07) is 0.648. The van der Waals surface area contributed by atoms with Crippen LogP contribution < -0.4 is 5.32 Å². The first kappa shape index (κ1) is 12.9. The third kappa shape index (κ3) is 4.49. The molecule has 90 valence electrons. The largest absolute Gasteiger partial charge is 0.318 e. The van der Waals surface area contributed by atoms with Crippen LogP contribution in [0.2, 0.25) is 0 Å². The van der Waals surface area contributed by atoms with Crippen molar-refractivity contribution in [1.29, 1.82) is 0 Å². The van der Waals surface area contributed by atoms with Gasteiger partial charge in [0.1, 0.15) is 0 Å². The minimum Gasteiger partial charge on any atom is -0.318 e. The van der Waals surface area contributed by atoms with Crippen LogP contribution in [0.25, 0.3) is 0 Å². The summed E-state index contributed by atoms with van der Waals surface area (Å²) in [5.74, 6) is 0.908. The molecule has 3 nitrogen and oxygen atoms in total. The van der Waals surface area contributed by atoms with Gasteiger partial charge in [-0.05, 0) is 59.9 Å². The van der Waals surface area contributed by atoms with E-state index in [4.69, 9.17) is 0 Å². The first-order valence-electron chi connectivity index (χ1n) is 6.17. The van der Waals surface area contributed by atoms with Crippen molar-refractivity contribution in [3.63, 3.8) is 0 Å². The Morgan fingerprint density at radius 3 is 2.53 bits per heavy atom. The number of hydrogen-bond acceptors (Lipinski definition) is 3. The van der Waals surface area contributed by atoms with Gasteiger partial charge in [0.2, 0.25) is 0 Å². The summed E-state index contributed by atoms with van der Waals surface area (Å²) in [6.07, 6.45) is 2.74. The summed E-state index contributed by atoms with van der Waals surface area (Å²) in [6.45, 7) is 7.20. The molecule has 0 amide bonds. The van der Waals surface area contributed by atoms with Crippen LogP contribution in [-0.2, 0) is 0 Å². The van der Waals surface area contributed by atoms with Crippen LogP contribution in [0.3, 0.4) is 0 Å². The number of hydrogen-bond donors (Lipinski definition) is 1. The molecule has 1 unspecified atom stereocenters. The number of likely N-dealkylation sites (tertiary alicyclic amines) is 1. The number of piperidine rings is 1. The second-order valence-electron chi connectivity index (χ2n) is 5.09. The molecule has 1 N–H and O–H groups in total. The van der Waals surface area contributed by atoms with Crippen LogP contribution in [0.15, 0.2) is 0 Å². The topological polar surface area (TPSA) is 18.5 Å². The number of likely N-dealkylation sites (N-methyl/N-ethyl adjacent to an activating group) is 2. The van der Waals surface area contributed by atoms with E-state index >= 15 is 0 Å². The SMILES string of the molecule is CNCC(C)N(C)CC1CCN(C)CC1. The Bertz CT molecular complexity index is 164. The van der Waals surface area contributed by atoms with Crippen LogP contribution in [0, 0.1) is 5.92 Å². The molecule has 1 fully saturated rings. The highest BCUT2D eigenvalue weighted by Gasteiger charge is 2.19. The van der Waals surface area contributed by atoms with Gasteiger partial charge in [-0.25, -0.2) is 0 Å². The Hall–Kier alpha value is -0.120. The molecule has 0 bridgehead atoms. The van der Waals surface area contributed by atoms with Gasteiger partial charge in [0.15, 0.2) is 0 Å². The van der Waals surface area contributed by atoms with Gasteiger partial charge < -0.3 is 15.1 Å². The fourth-order valence-corrected chi connectivity index (χ4v) is 2.28. The molecule has 1 aliphatic rings. The maximum absolute atomic E-state index is 3.24. The summed E-state index contributed by atoms with van der Waals surface area (Å²) in [5, 5.41) is 3.24. The lowest BCUT2D eigenvalue weighted by Gasteiger charge is -2.33. The molecule has 0 saturated carbocycles. The van der Waals surface area contributed by atoms with E-state index in [0.29, 0.717) is 6.04 Å². The molecule has 1 atom stereocenters. The van der Waals surface area contributed by atoms with Crippen molar-refractivity contribution >= 4 is 0 Å². The smallest absolute Gasteiger partial charge is 0.0189 e. The lowest BCUT2D eigenvalue weighted by atomic mass is 9.96. The van der Waals surface area contributed by atoms with Crippen LogP contribution in [-0.4, -0.2) is 63.2 Å². The Morgan fingerprint density at radius 2 is 2.00 bits per heavy atom. The summed E-state index contributed by atoms with van der Waals surface area (Å²) in [5.41, 5.74) is 0. The normalized spacial score (nSPS) is 22.2. The highest BCUT2D eigenvalue weighted by molar-refractivity contribution is 4.75. The van der Waals surface area contributed by atoms with Gasteiger partial charge in [0.25, 0.3) is 0 Å². The molecule has 1 rings (SSSR count). The van der Waals surface area contributed by atoms with Gasteiger partial charge in [0.05, 0.1) is 0 Å². The Labute approximate surface area is 94.8 Å². The maximum Gasteiger partial charge on any atom is 0.0189 e. The monoisotopic (exact) mass is 213 g/mol. The lowest BCUT2D eigenvalue weighted by Crippen LogP contribution is -2.42. The molecule has 15 heavy (non-hydrogen) atoms. The highest BCUT2D eigenvalue weighted by Crippen LogP contribution is 2.17. The molecule has 1 aliphatic heterocycles. The zero-order chi connectivity index (χ0) is 11.3. The number of nitrogens with zero attached hydrogens (tertiary/aromatic N) is 2. The van der Waals surface area contributed by atoms with E-state index in [2.05, 4.69) is 36.1 Å². The number of nitrogens with one attached hydrogen (secondary N) is 1. The van der Waals surface area contributed by atoms with Gasteiger partial charge in [-0.3, -0.25) is 0 Å². The summed E-state index contributed by atoms with van der Waals surface area (Å²) >= 11 is 0. The molecule has 0 aromatic carbocycles. The van der Waals surface area contributed by atoms with Crippen molar-refractivity contribution in [2.45, 2.75) is 25.8 Å². The first-order valence-corrected chi connectivity index (χ1v) is 6.17. The maximum atomic E-state index is 3.24. The van der Waals surface area contributed by atoms with Crippen molar-refractivity contribution in [1.82, 2.24) is 15.1 Å². The van der Waals surface area contributed by atoms with Gasteiger partial charge >= 0.3 is 0 Å². The van der Waals surface area contributed by atoms with E-state index in [1.54, 1.807) is 0 Å². The molecule has 0 aromatic rings. The van der Waals surface area contributed by atoms with E-state index in [1.807, 2.05) is 7.05 Å². The third-order valence-electron chi connectivity index (χ3n) is 3.64. The second kappa shape index (κ2) is 6.46. The molecular weight excluding hydrogens is 186 g/mol. The molecule has 0 aliphatic carbocycles. The molecule has 3 heteroatoms. The minimum atomic E-state index is 0.648. The molecule has 1 saturated heterocycles. The number of rotatable bonds is 5. The average Bonchev–Trinajstić information content (AvgIpc) is 2.22. The molecule has 0 spiro atoms. The van der Waals surface area contributed by atoms with Crippen molar-refractivity contribution < 1.29 is 0 Å². The van der Waals surface area contributed by atoms with Crippen molar-refractivity contribution in [2.24, 2.45) is 5.92 Å². The predicted molar refractivity (Wildman–Crippen MR) is 66.2 cm³/mol. The zero-order valence-electron chi connectivity index (χ0n) is 10.8. The Kier molecular flexibility index (Phi) is 5.58. The van der Waals surface area contributed by atoms with E-state index in [0.717, 1.165) is 12.5 Å². The van der Waals surface area contributed by atoms with Gasteiger partial charge in [-0.2, -0.15) is 0 Å². The summed E-state index contributed by atoms with van der Waals surface area (Å²) < 4.78 is 0. The molecular formula is C12H27N3. The predicted octanol–water partition coefficient (Wildman–Crippen LogP) is 0.868.